The molecule has 0 aliphatic carbocycles. The highest BCUT2D eigenvalue weighted by Gasteiger charge is 2.20. The smallest absolute Gasteiger partial charge is 0.226 e. The van der Waals surface area contributed by atoms with E-state index in [2.05, 4.69) is 15.4 Å². The van der Waals surface area contributed by atoms with E-state index in [9.17, 15) is 9.18 Å². The molecule has 0 bridgehead atoms. The zero-order chi connectivity index (χ0) is 23.9. The van der Waals surface area contributed by atoms with Crippen LogP contribution in [-0.4, -0.2) is 27.8 Å². The monoisotopic (exact) mass is 460 g/mol. The molecule has 2 heterocycles. The molecule has 0 spiro atoms. The van der Waals surface area contributed by atoms with Gasteiger partial charge in [-0.05, 0) is 74.0 Å². The van der Waals surface area contributed by atoms with E-state index in [1.807, 2.05) is 49.4 Å². The van der Waals surface area contributed by atoms with E-state index in [0.29, 0.717) is 24.6 Å². The van der Waals surface area contributed by atoms with Crippen molar-refractivity contribution in [3.05, 3.63) is 95.7 Å². The molecular formula is C26H25FN4O3. The van der Waals surface area contributed by atoms with Gasteiger partial charge in [0.15, 0.2) is 0 Å². The van der Waals surface area contributed by atoms with Gasteiger partial charge in [0.1, 0.15) is 17.3 Å². The van der Waals surface area contributed by atoms with E-state index in [0.717, 1.165) is 28.4 Å². The molecular weight excluding hydrogens is 435 g/mol. The number of aromatic nitrogens is 3. The summed E-state index contributed by atoms with van der Waals surface area (Å²) in [6.07, 6.45) is 2.37. The van der Waals surface area contributed by atoms with Crippen molar-refractivity contribution >= 4 is 5.91 Å². The summed E-state index contributed by atoms with van der Waals surface area (Å²) in [5.41, 5.74) is 3.10. The minimum absolute atomic E-state index is 0.102. The molecule has 0 unspecified atom stereocenters. The Morgan fingerprint density at radius 3 is 2.44 bits per heavy atom. The van der Waals surface area contributed by atoms with E-state index in [1.165, 1.54) is 12.1 Å². The van der Waals surface area contributed by atoms with Gasteiger partial charge in [0.2, 0.25) is 11.8 Å². The number of nitrogens with one attached hydrogen (secondary N) is 1. The largest absolute Gasteiger partial charge is 0.497 e. The van der Waals surface area contributed by atoms with Crippen molar-refractivity contribution in [1.82, 2.24) is 20.1 Å². The lowest BCUT2D eigenvalue weighted by atomic mass is 10.1. The van der Waals surface area contributed by atoms with Gasteiger partial charge in [0, 0.05) is 18.2 Å². The van der Waals surface area contributed by atoms with Crippen LogP contribution in [0.1, 0.15) is 23.4 Å². The first kappa shape index (κ1) is 23.0. The van der Waals surface area contributed by atoms with Crippen LogP contribution < -0.4 is 14.8 Å². The summed E-state index contributed by atoms with van der Waals surface area (Å²) in [5.74, 6) is 1.22. The minimum Gasteiger partial charge on any atom is -0.497 e. The average molecular weight is 461 g/mol. The van der Waals surface area contributed by atoms with Crippen LogP contribution in [0, 0.1) is 12.7 Å². The van der Waals surface area contributed by atoms with Crippen LogP contribution in [0.4, 0.5) is 4.39 Å². The number of pyridine rings is 1. The maximum absolute atomic E-state index is 13.4. The molecule has 174 valence electrons. The topological polar surface area (TPSA) is 78.3 Å². The number of methoxy groups -OCH3 is 1. The van der Waals surface area contributed by atoms with Crippen molar-refractivity contribution in [2.24, 2.45) is 0 Å². The molecule has 0 saturated heterocycles. The van der Waals surface area contributed by atoms with Gasteiger partial charge >= 0.3 is 0 Å². The van der Waals surface area contributed by atoms with Crippen LogP contribution in [0.3, 0.4) is 0 Å². The van der Waals surface area contributed by atoms with Crippen LogP contribution in [-0.2, 0) is 17.8 Å². The second-order valence-electron chi connectivity index (χ2n) is 7.63. The first-order valence-electron chi connectivity index (χ1n) is 10.9. The molecule has 0 aliphatic heterocycles. The van der Waals surface area contributed by atoms with Crippen molar-refractivity contribution < 1.29 is 18.7 Å². The van der Waals surface area contributed by atoms with E-state index >= 15 is 0 Å². The Bertz CT molecular complexity index is 1240. The Labute approximate surface area is 197 Å². The third kappa shape index (κ3) is 5.58. The molecule has 34 heavy (non-hydrogen) atoms. The molecule has 0 fully saturated rings. The molecule has 1 N–H and O–H groups in total. The molecule has 0 radical (unpaired) electrons. The predicted octanol–water partition coefficient (Wildman–Crippen LogP) is 4.76. The van der Waals surface area contributed by atoms with Crippen molar-refractivity contribution in [3.63, 3.8) is 0 Å². The molecule has 0 atom stereocenters. The quantitative estimate of drug-likeness (QED) is 0.390. The number of hydrogen-bond donors (Lipinski definition) is 1. The second-order valence-corrected chi connectivity index (χ2v) is 7.63. The van der Waals surface area contributed by atoms with Gasteiger partial charge in [0.05, 0.1) is 30.7 Å². The van der Waals surface area contributed by atoms with Crippen LogP contribution in [0.5, 0.6) is 17.4 Å². The number of carbonyl (C=O) groups is 1. The fourth-order valence-corrected chi connectivity index (χ4v) is 3.46. The standard InChI is InChI=1S/C26H25FN4O3/c1-18-24(14-15-25(32)29-17-20-5-3-4-16-28-20)26(34-23-10-6-19(27)7-11-23)31(30-18)21-8-12-22(33-2)13-9-21/h3-13,16H,14-15,17H2,1-2H3,(H,29,32). The van der Waals surface area contributed by atoms with Crippen LogP contribution in [0.15, 0.2) is 72.9 Å². The number of aryl methyl sites for hydroxylation is 1. The molecule has 2 aromatic carbocycles. The van der Waals surface area contributed by atoms with Crippen molar-refractivity contribution in [1.29, 1.82) is 0 Å². The highest BCUT2D eigenvalue weighted by atomic mass is 19.1. The lowest BCUT2D eigenvalue weighted by Gasteiger charge is -2.12. The number of amides is 1. The van der Waals surface area contributed by atoms with Crippen LogP contribution in [0.25, 0.3) is 5.69 Å². The maximum atomic E-state index is 13.4. The number of benzene rings is 2. The van der Waals surface area contributed by atoms with Crippen LogP contribution >= 0.6 is 0 Å². The summed E-state index contributed by atoms with van der Waals surface area (Å²) in [7, 11) is 1.60. The van der Waals surface area contributed by atoms with Crippen molar-refractivity contribution in [2.75, 3.05) is 7.11 Å². The molecule has 8 heteroatoms. The maximum Gasteiger partial charge on any atom is 0.226 e. The van der Waals surface area contributed by atoms with Gasteiger partial charge in [-0.25, -0.2) is 9.07 Å². The molecule has 0 aliphatic rings. The first-order valence-corrected chi connectivity index (χ1v) is 10.9. The Hall–Kier alpha value is -4.20. The summed E-state index contributed by atoms with van der Waals surface area (Å²) in [6, 6.07) is 18.7. The second kappa shape index (κ2) is 10.6. The summed E-state index contributed by atoms with van der Waals surface area (Å²) >= 11 is 0. The number of ether oxygens (including phenoxy) is 2. The van der Waals surface area contributed by atoms with E-state index < -0.39 is 0 Å². The molecule has 2 aromatic heterocycles. The molecule has 7 nitrogen and oxygen atoms in total. The Morgan fingerprint density at radius 1 is 1.03 bits per heavy atom. The van der Waals surface area contributed by atoms with Gasteiger partial charge in [-0.3, -0.25) is 9.78 Å². The number of hydrogen-bond acceptors (Lipinski definition) is 5. The zero-order valence-corrected chi connectivity index (χ0v) is 19.0. The van der Waals surface area contributed by atoms with Gasteiger partial charge in [-0.15, -0.1) is 0 Å². The highest BCUT2D eigenvalue weighted by Crippen LogP contribution is 2.32. The van der Waals surface area contributed by atoms with E-state index in [4.69, 9.17) is 9.47 Å². The Balaban J connectivity index is 1.56. The van der Waals surface area contributed by atoms with Crippen molar-refractivity contribution in [3.8, 4) is 23.1 Å². The predicted molar refractivity (Wildman–Crippen MR) is 126 cm³/mol. The normalized spacial score (nSPS) is 10.7. The van der Waals surface area contributed by atoms with E-state index in [-0.39, 0.29) is 18.1 Å². The summed E-state index contributed by atoms with van der Waals surface area (Å²) in [5, 5.41) is 7.55. The van der Waals surface area contributed by atoms with Gasteiger partial charge < -0.3 is 14.8 Å². The summed E-state index contributed by atoms with van der Waals surface area (Å²) in [4.78, 5) is 16.7. The number of rotatable bonds is 9. The van der Waals surface area contributed by atoms with Crippen molar-refractivity contribution in [2.45, 2.75) is 26.3 Å². The third-order valence-corrected chi connectivity index (χ3v) is 5.28. The zero-order valence-electron chi connectivity index (χ0n) is 19.0. The number of nitrogens with zero attached hydrogens (tertiary/aromatic N) is 3. The SMILES string of the molecule is COc1ccc(-n2nc(C)c(CCC(=O)NCc3ccccn3)c2Oc2ccc(F)cc2)cc1. The fourth-order valence-electron chi connectivity index (χ4n) is 3.46. The first-order chi connectivity index (χ1) is 16.5. The van der Waals surface area contributed by atoms with Gasteiger partial charge in [-0.1, -0.05) is 6.07 Å². The van der Waals surface area contributed by atoms with Gasteiger partial charge in [0.25, 0.3) is 0 Å². The Kier molecular flexibility index (Phi) is 7.17. The number of halogens is 1. The fraction of sp³-hybridized carbons (Fsp3) is 0.192. The molecule has 4 aromatic rings. The lowest BCUT2D eigenvalue weighted by Crippen LogP contribution is -2.23. The van der Waals surface area contributed by atoms with Gasteiger partial charge in [-0.2, -0.15) is 5.10 Å². The Morgan fingerprint density at radius 2 is 1.76 bits per heavy atom. The third-order valence-electron chi connectivity index (χ3n) is 5.28. The lowest BCUT2D eigenvalue weighted by molar-refractivity contribution is -0.121. The molecule has 1 amide bonds. The molecule has 4 rings (SSSR count). The highest BCUT2D eigenvalue weighted by molar-refractivity contribution is 5.76. The van der Waals surface area contributed by atoms with Crippen LogP contribution in [0.2, 0.25) is 0 Å². The minimum atomic E-state index is -0.350. The summed E-state index contributed by atoms with van der Waals surface area (Å²) in [6.45, 7) is 2.24. The number of carbonyl (C=O) groups excluding carboxylic acids is 1. The average Bonchev–Trinajstić information content (AvgIpc) is 3.18. The van der Waals surface area contributed by atoms with E-state index in [1.54, 1.807) is 30.1 Å². The molecule has 0 saturated carbocycles. The summed E-state index contributed by atoms with van der Waals surface area (Å²) < 4.78 is 26.5.